The molecule has 2 aromatic carbocycles. The summed E-state index contributed by atoms with van der Waals surface area (Å²) >= 11 is 0. The van der Waals surface area contributed by atoms with Gasteiger partial charge in [0.15, 0.2) is 0 Å². The number of benzene rings is 2. The van der Waals surface area contributed by atoms with Crippen molar-refractivity contribution in [3.63, 3.8) is 0 Å². The van der Waals surface area contributed by atoms with E-state index < -0.39 is 6.09 Å². The first kappa shape index (κ1) is 28.0. The van der Waals surface area contributed by atoms with Crippen LogP contribution in [0.2, 0.25) is 0 Å². The molecule has 1 aromatic heterocycles. The minimum atomic E-state index is -0.611. The first-order valence-corrected chi connectivity index (χ1v) is 13.8. The Morgan fingerprint density at radius 1 is 1.12 bits per heavy atom. The van der Waals surface area contributed by atoms with Gasteiger partial charge in [0.2, 0.25) is 11.8 Å². The second-order valence-electron chi connectivity index (χ2n) is 10.6. The van der Waals surface area contributed by atoms with E-state index in [-0.39, 0.29) is 29.6 Å². The predicted molar refractivity (Wildman–Crippen MR) is 156 cm³/mol. The second kappa shape index (κ2) is 11.9. The number of fused-ring (bicyclic) bond motifs is 4. The van der Waals surface area contributed by atoms with Crippen molar-refractivity contribution >= 4 is 34.9 Å². The number of hydrogen-bond acceptors (Lipinski definition) is 5. The van der Waals surface area contributed by atoms with E-state index in [2.05, 4.69) is 15.6 Å². The third-order valence-corrected chi connectivity index (χ3v) is 7.82. The van der Waals surface area contributed by atoms with Crippen molar-refractivity contribution in [1.82, 2.24) is 9.88 Å². The van der Waals surface area contributed by atoms with Crippen LogP contribution in [-0.4, -0.2) is 41.4 Å². The number of methoxy groups -OCH3 is 1. The minimum absolute atomic E-state index is 0.130. The number of amides is 3. The largest absolute Gasteiger partial charge is 0.453 e. The lowest BCUT2D eigenvalue weighted by Gasteiger charge is -2.34. The van der Waals surface area contributed by atoms with Crippen molar-refractivity contribution in [2.75, 3.05) is 24.3 Å². The summed E-state index contributed by atoms with van der Waals surface area (Å²) in [6, 6.07) is 14.0. The molecule has 0 spiro atoms. The summed E-state index contributed by atoms with van der Waals surface area (Å²) in [7, 11) is 1.28. The highest BCUT2D eigenvalue weighted by molar-refractivity contribution is 5.99. The Labute approximate surface area is 238 Å². The van der Waals surface area contributed by atoms with Crippen LogP contribution in [0.15, 0.2) is 60.8 Å². The molecule has 3 amide bonds. The molecule has 0 saturated carbocycles. The van der Waals surface area contributed by atoms with Gasteiger partial charge in [0.05, 0.1) is 24.5 Å². The fourth-order valence-corrected chi connectivity index (χ4v) is 5.48. The molecular formula is C32H33FN4O4. The molecule has 0 fully saturated rings. The van der Waals surface area contributed by atoms with Crippen molar-refractivity contribution in [1.29, 1.82) is 0 Å². The molecule has 8 nitrogen and oxygen atoms in total. The number of ether oxygens (including phenoxy) is 1. The van der Waals surface area contributed by atoms with Crippen LogP contribution in [-0.2, 0) is 14.3 Å². The minimum Gasteiger partial charge on any atom is -0.453 e. The van der Waals surface area contributed by atoms with Crippen LogP contribution in [0.5, 0.6) is 0 Å². The van der Waals surface area contributed by atoms with E-state index in [0.29, 0.717) is 60.3 Å². The van der Waals surface area contributed by atoms with Gasteiger partial charge in [-0.2, -0.15) is 0 Å². The molecule has 2 unspecified atom stereocenters. The maximum absolute atomic E-state index is 14.8. The lowest BCUT2D eigenvalue weighted by Crippen LogP contribution is -2.38. The molecule has 2 aliphatic rings. The number of carbonyl (C=O) groups excluding carboxylic acids is 3. The molecule has 2 aliphatic heterocycles. The van der Waals surface area contributed by atoms with E-state index in [0.717, 1.165) is 16.8 Å². The lowest BCUT2D eigenvalue weighted by molar-refractivity contribution is -0.129. The van der Waals surface area contributed by atoms with Gasteiger partial charge in [0.1, 0.15) is 5.82 Å². The summed E-state index contributed by atoms with van der Waals surface area (Å²) in [5, 5.41) is 5.66. The monoisotopic (exact) mass is 556 g/mol. The Bertz CT molecular complexity index is 1540. The van der Waals surface area contributed by atoms with Crippen molar-refractivity contribution in [3.8, 4) is 11.1 Å². The second-order valence-corrected chi connectivity index (χ2v) is 10.6. The van der Waals surface area contributed by atoms with E-state index in [1.807, 2.05) is 30.0 Å². The van der Waals surface area contributed by atoms with Crippen molar-refractivity contribution in [3.05, 3.63) is 83.4 Å². The van der Waals surface area contributed by atoms with Crippen LogP contribution >= 0.6 is 0 Å². The first-order chi connectivity index (χ1) is 19.7. The third kappa shape index (κ3) is 5.99. The Kier molecular flexibility index (Phi) is 8.14. The smallest absolute Gasteiger partial charge is 0.411 e. The Balaban J connectivity index is 1.51. The van der Waals surface area contributed by atoms with E-state index >= 15 is 0 Å². The van der Waals surface area contributed by atoms with Gasteiger partial charge in [-0.3, -0.25) is 19.9 Å². The van der Waals surface area contributed by atoms with Gasteiger partial charge in [0, 0.05) is 41.5 Å². The van der Waals surface area contributed by atoms with Gasteiger partial charge in [-0.15, -0.1) is 0 Å². The molecule has 212 valence electrons. The van der Waals surface area contributed by atoms with Crippen molar-refractivity contribution in [2.24, 2.45) is 5.92 Å². The normalized spacial score (nSPS) is 19.2. The lowest BCUT2D eigenvalue weighted by atomic mass is 9.92. The molecule has 9 heteroatoms. The fraction of sp³-hybridized carbons (Fsp3) is 0.312. The van der Waals surface area contributed by atoms with E-state index in [9.17, 15) is 18.8 Å². The van der Waals surface area contributed by atoms with Gasteiger partial charge in [-0.05, 0) is 67.2 Å². The fourth-order valence-electron chi connectivity index (χ4n) is 5.48. The Morgan fingerprint density at radius 3 is 2.73 bits per heavy atom. The average molecular weight is 557 g/mol. The van der Waals surface area contributed by atoms with Gasteiger partial charge < -0.3 is 15.0 Å². The number of halogens is 1. The van der Waals surface area contributed by atoms with E-state index in [1.165, 1.54) is 7.11 Å². The van der Waals surface area contributed by atoms with Crippen molar-refractivity contribution < 1.29 is 23.5 Å². The summed E-state index contributed by atoms with van der Waals surface area (Å²) in [5.74, 6) is -0.883. The zero-order valence-corrected chi connectivity index (χ0v) is 23.4. The number of nitrogens with one attached hydrogen (secondary N) is 2. The van der Waals surface area contributed by atoms with Gasteiger partial charge in [-0.1, -0.05) is 37.6 Å². The number of carbonyl (C=O) groups is 3. The van der Waals surface area contributed by atoms with E-state index in [1.54, 1.807) is 49.5 Å². The highest BCUT2D eigenvalue weighted by Gasteiger charge is 2.30. The van der Waals surface area contributed by atoms with Crippen LogP contribution in [0.25, 0.3) is 16.7 Å². The SMILES string of the molecule is COC(=O)Nc1ccc2c(c1)NC(=O)C(C)CCCC(N1CCC(c3cccc(C)c3F)=CC1=O)c1cc-2ccn1. The summed E-state index contributed by atoms with van der Waals surface area (Å²) in [5.41, 5.74) is 5.05. The number of aryl methyl sites for hydroxylation is 1. The van der Waals surface area contributed by atoms with Crippen LogP contribution in [0.1, 0.15) is 55.5 Å². The quantitative estimate of drug-likeness (QED) is 0.384. The van der Waals surface area contributed by atoms with Crippen LogP contribution in [0.3, 0.4) is 0 Å². The molecule has 3 aromatic rings. The highest BCUT2D eigenvalue weighted by atomic mass is 19.1. The maximum Gasteiger partial charge on any atom is 0.411 e. The molecule has 0 saturated heterocycles. The number of hydrogen-bond donors (Lipinski definition) is 2. The highest BCUT2D eigenvalue weighted by Crippen LogP contribution is 2.37. The zero-order valence-electron chi connectivity index (χ0n) is 23.4. The molecule has 5 rings (SSSR count). The van der Waals surface area contributed by atoms with Crippen LogP contribution in [0, 0.1) is 18.7 Å². The molecule has 0 aliphatic carbocycles. The zero-order chi connectivity index (χ0) is 29.1. The molecule has 41 heavy (non-hydrogen) atoms. The van der Waals surface area contributed by atoms with Crippen molar-refractivity contribution in [2.45, 2.75) is 45.6 Å². The van der Waals surface area contributed by atoms with E-state index in [4.69, 9.17) is 4.74 Å². The summed E-state index contributed by atoms with van der Waals surface area (Å²) < 4.78 is 19.5. The van der Waals surface area contributed by atoms with Crippen LogP contribution in [0.4, 0.5) is 20.6 Å². The maximum atomic E-state index is 14.8. The molecule has 2 bridgehead atoms. The topological polar surface area (TPSA) is 101 Å². The average Bonchev–Trinajstić information content (AvgIpc) is 2.96. The third-order valence-electron chi connectivity index (χ3n) is 7.82. The Hall–Kier alpha value is -4.53. The molecule has 2 N–H and O–H groups in total. The molecule has 2 atom stereocenters. The Morgan fingerprint density at radius 2 is 1.95 bits per heavy atom. The summed E-state index contributed by atoms with van der Waals surface area (Å²) in [6.45, 7) is 4.03. The van der Waals surface area contributed by atoms with Crippen LogP contribution < -0.4 is 10.6 Å². The molecule has 3 heterocycles. The van der Waals surface area contributed by atoms with Gasteiger partial charge in [-0.25, -0.2) is 9.18 Å². The number of nitrogens with zero attached hydrogens (tertiary/aromatic N) is 2. The molecule has 0 radical (unpaired) electrons. The molecular weight excluding hydrogens is 523 g/mol. The summed E-state index contributed by atoms with van der Waals surface area (Å²) in [6.07, 6.45) is 5.12. The first-order valence-electron chi connectivity index (χ1n) is 13.8. The van der Waals surface area contributed by atoms with Gasteiger partial charge >= 0.3 is 6.09 Å². The summed E-state index contributed by atoms with van der Waals surface area (Å²) in [4.78, 5) is 44.9. The number of aromatic nitrogens is 1. The number of pyridine rings is 1. The van der Waals surface area contributed by atoms with Gasteiger partial charge in [0.25, 0.3) is 0 Å². The number of rotatable bonds is 3. The number of anilines is 2. The standard InChI is InChI=1S/C32H33FN4O4/c1-19-6-4-8-25(30(19)33)22-13-15-37(29(38)17-22)28-9-5-7-20(2)31(39)36-26-18-23(35-32(40)41-3)10-11-24(26)21-12-14-34-27(28)16-21/h4,6,8,10-12,14,16-18,20,28H,5,7,9,13,15H2,1-3H3,(H,35,40)(H,36,39). The predicted octanol–water partition coefficient (Wildman–Crippen LogP) is 6.49.